The minimum atomic E-state index is -0.195. The zero-order valence-electron chi connectivity index (χ0n) is 10.9. The lowest BCUT2D eigenvalue weighted by molar-refractivity contribution is -0.139. The minimum Gasteiger partial charge on any atom is -0.469 e. The van der Waals surface area contributed by atoms with Gasteiger partial charge in [0.15, 0.2) is 0 Å². The Hall–Kier alpha value is -1.24. The highest BCUT2D eigenvalue weighted by Crippen LogP contribution is 2.17. The van der Waals surface area contributed by atoms with Crippen LogP contribution in [0, 0.1) is 6.92 Å². The third-order valence-corrected chi connectivity index (χ3v) is 4.56. The molecule has 0 aliphatic carbocycles. The lowest BCUT2D eigenvalue weighted by Crippen LogP contribution is -2.11. The molecule has 0 saturated heterocycles. The van der Waals surface area contributed by atoms with Crippen LogP contribution in [-0.2, 0) is 29.0 Å². The molecule has 2 aromatic heterocycles. The fourth-order valence-corrected chi connectivity index (χ4v) is 3.32. The van der Waals surface area contributed by atoms with E-state index < -0.39 is 0 Å². The maximum atomic E-state index is 11.2. The summed E-state index contributed by atoms with van der Waals surface area (Å²) in [6.07, 6.45) is 0.354. The number of hydrogen-bond acceptors (Lipinski definition) is 6. The first-order valence-corrected chi connectivity index (χ1v) is 7.63. The van der Waals surface area contributed by atoms with Crippen molar-refractivity contribution in [1.82, 2.24) is 10.3 Å². The number of carbonyl (C=O) groups is 1. The van der Waals surface area contributed by atoms with E-state index in [4.69, 9.17) is 0 Å². The highest BCUT2D eigenvalue weighted by Gasteiger charge is 2.06. The summed E-state index contributed by atoms with van der Waals surface area (Å²) in [4.78, 5) is 17.8. The van der Waals surface area contributed by atoms with Crippen molar-refractivity contribution in [2.75, 3.05) is 7.11 Å². The molecule has 6 heteroatoms. The van der Waals surface area contributed by atoms with Gasteiger partial charge in [-0.1, -0.05) is 0 Å². The fourth-order valence-electron chi connectivity index (χ4n) is 1.60. The Balaban J connectivity index is 1.78. The van der Waals surface area contributed by atoms with Crippen LogP contribution in [0.1, 0.15) is 20.5 Å². The number of hydrogen-bond donors (Lipinski definition) is 1. The summed E-state index contributed by atoms with van der Waals surface area (Å²) >= 11 is 3.31. The molecule has 4 nitrogen and oxygen atoms in total. The first kappa shape index (κ1) is 14.2. The SMILES string of the molecule is COC(=O)Cc1ccc(CNCc2nc(C)cs2)s1. The number of esters is 1. The van der Waals surface area contributed by atoms with Gasteiger partial charge in [-0.15, -0.1) is 22.7 Å². The van der Waals surface area contributed by atoms with Crippen molar-refractivity contribution < 1.29 is 9.53 Å². The standard InChI is InChI=1S/C13H16N2O2S2/c1-9-8-18-12(15-9)7-14-6-11-4-3-10(19-11)5-13(16)17-2/h3-4,8,14H,5-7H2,1-2H3. The smallest absolute Gasteiger partial charge is 0.310 e. The second kappa shape index (κ2) is 6.79. The normalized spacial score (nSPS) is 10.6. The quantitative estimate of drug-likeness (QED) is 0.832. The number of aromatic nitrogens is 1. The van der Waals surface area contributed by atoms with Crippen LogP contribution in [0.15, 0.2) is 17.5 Å². The van der Waals surface area contributed by atoms with Gasteiger partial charge in [0.05, 0.1) is 13.5 Å². The first-order valence-electron chi connectivity index (χ1n) is 5.93. The first-order chi connectivity index (χ1) is 9.17. The Bertz CT molecular complexity index is 548. The molecular formula is C13H16N2O2S2. The zero-order valence-corrected chi connectivity index (χ0v) is 12.6. The van der Waals surface area contributed by atoms with Gasteiger partial charge in [-0.25, -0.2) is 4.98 Å². The summed E-state index contributed by atoms with van der Waals surface area (Å²) in [5.41, 5.74) is 1.07. The van der Waals surface area contributed by atoms with Crippen LogP contribution in [0.5, 0.6) is 0 Å². The predicted molar refractivity (Wildman–Crippen MR) is 77.4 cm³/mol. The Kier molecular flexibility index (Phi) is 5.07. The molecule has 0 saturated carbocycles. The fraction of sp³-hybridized carbons (Fsp3) is 0.385. The number of aryl methyl sites for hydroxylation is 1. The molecule has 0 unspecified atom stereocenters. The molecule has 0 fully saturated rings. The van der Waals surface area contributed by atoms with Crippen molar-refractivity contribution in [1.29, 1.82) is 0 Å². The van der Waals surface area contributed by atoms with Gasteiger partial charge in [-0.3, -0.25) is 4.79 Å². The second-order valence-corrected chi connectivity index (χ2v) is 6.30. The number of rotatable bonds is 6. The topological polar surface area (TPSA) is 51.2 Å². The average molecular weight is 296 g/mol. The lowest BCUT2D eigenvalue weighted by Gasteiger charge is -1.99. The van der Waals surface area contributed by atoms with Crippen LogP contribution in [0.25, 0.3) is 0 Å². The summed E-state index contributed by atoms with van der Waals surface area (Å²) in [7, 11) is 1.41. The summed E-state index contributed by atoms with van der Waals surface area (Å²) < 4.78 is 4.65. The number of nitrogens with one attached hydrogen (secondary N) is 1. The van der Waals surface area contributed by atoms with Crippen LogP contribution >= 0.6 is 22.7 Å². The largest absolute Gasteiger partial charge is 0.469 e. The van der Waals surface area contributed by atoms with Gasteiger partial charge in [0.2, 0.25) is 0 Å². The molecule has 0 radical (unpaired) electrons. The van der Waals surface area contributed by atoms with E-state index in [0.29, 0.717) is 6.42 Å². The van der Waals surface area contributed by atoms with E-state index in [1.165, 1.54) is 12.0 Å². The van der Waals surface area contributed by atoms with Crippen molar-refractivity contribution in [3.63, 3.8) is 0 Å². The highest BCUT2D eigenvalue weighted by atomic mass is 32.1. The van der Waals surface area contributed by atoms with Crippen LogP contribution in [0.4, 0.5) is 0 Å². The number of carbonyl (C=O) groups excluding carboxylic acids is 1. The van der Waals surface area contributed by atoms with E-state index in [-0.39, 0.29) is 5.97 Å². The third-order valence-electron chi connectivity index (χ3n) is 2.51. The van der Waals surface area contributed by atoms with Crippen LogP contribution in [0.3, 0.4) is 0 Å². The third kappa shape index (κ3) is 4.41. The molecule has 2 heterocycles. The zero-order chi connectivity index (χ0) is 13.7. The molecule has 2 rings (SSSR count). The number of methoxy groups -OCH3 is 1. The number of thiophene rings is 1. The minimum absolute atomic E-state index is 0.195. The van der Waals surface area contributed by atoms with E-state index in [1.807, 2.05) is 19.1 Å². The molecule has 0 amide bonds. The maximum Gasteiger partial charge on any atom is 0.310 e. The Morgan fingerprint density at radius 2 is 2.16 bits per heavy atom. The van der Waals surface area contributed by atoms with Crippen molar-refractivity contribution in [2.24, 2.45) is 0 Å². The average Bonchev–Trinajstić information content (AvgIpc) is 2.99. The lowest BCUT2D eigenvalue weighted by atomic mass is 10.3. The Labute approximate surface area is 120 Å². The molecule has 0 spiro atoms. The summed E-state index contributed by atoms with van der Waals surface area (Å²) in [5.74, 6) is -0.195. The number of thiazole rings is 1. The maximum absolute atomic E-state index is 11.2. The number of nitrogens with zero attached hydrogens (tertiary/aromatic N) is 1. The summed E-state index contributed by atoms with van der Waals surface area (Å²) in [6, 6.07) is 4.02. The predicted octanol–water partition coefficient (Wildman–Crippen LogP) is 2.52. The van der Waals surface area contributed by atoms with E-state index in [9.17, 15) is 4.79 Å². The van der Waals surface area contributed by atoms with Gasteiger partial charge in [-0.2, -0.15) is 0 Å². The van der Waals surface area contributed by atoms with Gasteiger partial charge in [0.25, 0.3) is 0 Å². The molecule has 0 aliphatic heterocycles. The molecule has 0 bridgehead atoms. The van der Waals surface area contributed by atoms with Crippen molar-refractivity contribution >= 4 is 28.6 Å². The molecule has 102 valence electrons. The molecule has 0 atom stereocenters. The molecule has 2 aromatic rings. The van der Waals surface area contributed by atoms with Crippen LogP contribution in [0.2, 0.25) is 0 Å². The van der Waals surface area contributed by atoms with Gasteiger partial charge < -0.3 is 10.1 Å². The van der Waals surface area contributed by atoms with Crippen molar-refractivity contribution in [3.05, 3.63) is 38.0 Å². The van der Waals surface area contributed by atoms with Gasteiger partial charge in [-0.05, 0) is 19.1 Å². The van der Waals surface area contributed by atoms with Crippen LogP contribution in [-0.4, -0.2) is 18.1 Å². The Morgan fingerprint density at radius 3 is 2.84 bits per heavy atom. The number of ether oxygens (including phenoxy) is 1. The molecular weight excluding hydrogens is 280 g/mol. The monoisotopic (exact) mass is 296 g/mol. The highest BCUT2D eigenvalue weighted by molar-refractivity contribution is 7.12. The van der Waals surface area contributed by atoms with E-state index in [2.05, 4.69) is 20.4 Å². The molecule has 1 N–H and O–H groups in total. The van der Waals surface area contributed by atoms with E-state index in [0.717, 1.165) is 28.7 Å². The van der Waals surface area contributed by atoms with Gasteiger partial charge >= 0.3 is 5.97 Å². The molecule has 0 aromatic carbocycles. The molecule has 19 heavy (non-hydrogen) atoms. The van der Waals surface area contributed by atoms with Gasteiger partial charge in [0, 0.05) is 33.9 Å². The second-order valence-electron chi connectivity index (χ2n) is 4.11. The molecule has 0 aliphatic rings. The summed E-state index contributed by atoms with van der Waals surface area (Å²) in [5, 5.41) is 6.51. The van der Waals surface area contributed by atoms with Crippen LogP contribution < -0.4 is 5.32 Å². The van der Waals surface area contributed by atoms with E-state index >= 15 is 0 Å². The Morgan fingerprint density at radius 1 is 1.37 bits per heavy atom. The van der Waals surface area contributed by atoms with Crippen molar-refractivity contribution in [3.8, 4) is 0 Å². The van der Waals surface area contributed by atoms with Crippen molar-refractivity contribution in [2.45, 2.75) is 26.4 Å². The summed E-state index contributed by atoms with van der Waals surface area (Å²) in [6.45, 7) is 3.57. The van der Waals surface area contributed by atoms with E-state index in [1.54, 1.807) is 22.7 Å². The van der Waals surface area contributed by atoms with Gasteiger partial charge in [0.1, 0.15) is 5.01 Å².